The van der Waals surface area contributed by atoms with Crippen molar-refractivity contribution >= 4 is 75.9 Å². The first-order valence-corrected chi connectivity index (χ1v) is 24.6. The molecule has 0 N–H and O–H groups in total. The van der Waals surface area contributed by atoms with Crippen LogP contribution in [-0.4, -0.2) is 19.1 Å². The second kappa shape index (κ2) is 14.9. The number of rotatable bonds is 5. The number of nitrogens with zero attached hydrogens (tertiary/aromatic N) is 4. The molecule has 3 heterocycles. The number of benzene rings is 11. The van der Waals surface area contributed by atoms with E-state index < -0.39 is 0 Å². The van der Waals surface area contributed by atoms with Crippen LogP contribution in [0, 0.1) is 0 Å². The Morgan fingerprint density at radius 1 is 0.324 bits per heavy atom. The zero-order valence-corrected chi connectivity index (χ0v) is 39.2. The van der Waals surface area contributed by atoms with Crippen molar-refractivity contribution in [3.05, 3.63) is 242 Å². The highest BCUT2D eigenvalue weighted by molar-refractivity contribution is 6.29. The molecule has 4 heteroatoms. The van der Waals surface area contributed by atoms with E-state index in [0.29, 0.717) is 5.82 Å². The summed E-state index contributed by atoms with van der Waals surface area (Å²) in [5.41, 5.74) is 17.1. The van der Waals surface area contributed by atoms with Gasteiger partial charge in [0, 0.05) is 55.0 Å². The van der Waals surface area contributed by atoms with Crippen molar-refractivity contribution in [2.45, 2.75) is 19.3 Å². The molecule has 0 amide bonds. The molecule has 3 aromatic heterocycles. The summed E-state index contributed by atoms with van der Waals surface area (Å²) in [4.78, 5) is 11.0. The lowest BCUT2D eigenvalue weighted by Gasteiger charge is -2.22. The summed E-state index contributed by atoms with van der Waals surface area (Å²) < 4.78 is 4.73. The summed E-state index contributed by atoms with van der Waals surface area (Å²) in [6.07, 6.45) is 0. The van der Waals surface area contributed by atoms with Gasteiger partial charge >= 0.3 is 0 Å². The lowest BCUT2D eigenvalue weighted by atomic mass is 9.81. The Hall–Kier alpha value is -9.12. The molecule has 0 fully saturated rings. The molecular formula is C67H44N4. The van der Waals surface area contributed by atoms with Crippen LogP contribution in [0.2, 0.25) is 0 Å². The largest absolute Gasteiger partial charge is 0.309 e. The van der Waals surface area contributed by atoms with E-state index in [1.54, 1.807) is 0 Å². The van der Waals surface area contributed by atoms with Gasteiger partial charge in [-0.2, -0.15) is 0 Å². The molecule has 0 unspecified atom stereocenters. The van der Waals surface area contributed by atoms with Gasteiger partial charge in [0.15, 0.2) is 5.82 Å². The molecule has 1 aliphatic rings. The van der Waals surface area contributed by atoms with Crippen molar-refractivity contribution in [1.29, 1.82) is 0 Å². The fourth-order valence-corrected chi connectivity index (χ4v) is 12.2. The van der Waals surface area contributed by atoms with Crippen LogP contribution in [-0.2, 0) is 5.41 Å². The maximum Gasteiger partial charge on any atom is 0.160 e. The first kappa shape index (κ1) is 39.8. The van der Waals surface area contributed by atoms with E-state index in [-0.39, 0.29) is 5.41 Å². The van der Waals surface area contributed by atoms with Crippen LogP contribution in [0.5, 0.6) is 0 Å². The quantitative estimate of drug-likeness (QED) is 0.161. The second-order valence-corrected chi connectivity index (χ2v) is 19.7. The molecule has 0 bridgehead atoms. The highest BCUT2D eigenvalue weighted by atomic mass is 15.0. The summed E-state index contributed by atoms with van der Waals surface area (Å²) in [5.74, 6) is 0.687. The predicted octanol–water partition coefficient (Wildman–Crippen LogP) is 17.4. The summed E-state index contributed by atoms with van der Waals surface area (Å²) in [7, 11) is 0. The molecule has 15 rings (SSSR count). The van der Waals surface area contributed by atoms with Crippen LogP contribution in [0.1, 0.15) is 25.0 Å². The first-order valence-electron chi connectivity index (χ1n) is 24.6. The van der Waals surface area contributed by atoms with Crippen molar-refractivity contribution in [1.82, 2.24) is 19.1 Å². The monoisotopic (exact) mass is 904 g/mol. The third-order valence-corrected chi connectivity index (χ3v) is 15.5. The van der Waals surface area contributed by atoms with E-state index >= 15 is 0 Å². The first-order chi connectivity index (χ1) is 35.0. The minimum atomic E-state index is -0.0902. The summed E-state index contributed by atoms with van der Waals surface area (Å²) in [5, 5.41) is 12.3. The van der Waals surface area contributed by atoms with E-state index in [0.717, 1.165) is 50.5 Å². The number of hydrogen-bond donors (Lipinski definition) is 0. The second-order valence-electron chi connectivity index (χ2n) is 19.7. The predicted molar refractivity (Wildman–Crippen MR) is 297 cm³/mol. The molecule has 11 aromatic carbocycles. The molecule has 0 saturated carbocycles. The maximum absolute atomic E-state index is 5.52. The zero-order chi connectivity index (χ0) is 47.0. The van der Waals surface area contributed by atoms with E-state index in [1.807, 2.05) is 0 Å². The van der Waals surface area contributed by atoms with Crippen LogP contribution < -0.4 is 0 Å². The van der Waals surface area contributed by atoms with Crippen LogP contribution >= 0.6 is 0 Å². The minimum absolute atomic E-state index is 0.0902. The molecule has 1 aliphatic carbocycles. The third-order valence-electron chi connectivity index (χ3n) is 15.5. The van der Waals surface area contributed by atoms with Crippen molar-refractivity contribution in [3.8, 4) is 56.4 Å². The molecule has 0 radical (unpaired) electrons. The Balaban J connectivity index is 0.967. The van der Waals surface area contributed by atoms with Gasteiger partial charge in [-0.1, -0.05) is 172 Å². The van der Waals surface area contributed by atoms with Crippen molar-refractivity contribution < 1.29 is 0 Å². The van der Waals surface area contributed by atoms with Gasteiger partial charge in [0.25, 0.3) is 0 Å². The summed E-state index contributed by atoms with van der Waals surface area (Å²) >= 11 is 0. The Kier molecular flexibility index (Phi) is 8.38. The molecule has 71 heavy (non-hydrogen) atoms. The zero-order valence-electron chi connectivity index (χ0n) is 39.2. The van der Waals surface area contributed by atoms with Crippen molar-refractivity contribution in [2.75, 3.05) is 0 Å². The Labute approximate surface area is 410 Å². The topological polar surface area (TPSA) is 35.6 Å². The van der Waals surface area contributed by atoms with Crippen LogP contribution in [0.4, 0.5) is 0 Å². The van der Waals surface area contributed by atoms with E-state index in [4.69, 9.17) is 9.97 Å². The van der Waals surface area contributed by atoms with E-state index in [2.05, 4.69) is 254 Å². The Morgan fingerprint density at radius 3 is 1.39 bits per heavy atom. The van der Waals surface area contributed by atoms with E-state index in [1.165, 1.54) is 87.1 Å². The third kappa shape index (κ3) is 5.79. The number of para-hydroxylation sites is 4. The van der Waals surface area contributed by atoms with Gasteiger partial charge < -0.3 is 9.13 Å². The molecule has 332 valence electrons. The number of aromatic nitrogens is 4. The van der Waals surface area contributed by atoms with Gasteiger partial charge in [0.2, 0.25) is 0 Å². The highest BCUT2D eigenvalue weighted by Crippen LogP contribution is 2.53. The van der Waals surface area contributed by atoms with Gasteiger partial charge in [-0.25, -0.2) is 9.97 Å². The van der Waals surface area contributed by atoms with Gasteiger partial charge in [0.1, 0.15) is 0 Å². The van der Waals surface area contributed by atoms with Crippen LogP contribution in [0.15, 0.2) is 231 Å². The van der Waals surface area contributed by atoms with Crippen LogP contribution in [0.3, 0.4) is 0 Å². The van der Waals surface area contributed by atoms with Gasteiger partial charge in [0.05, 0.1) is 33.5 Å². The molecule has 0 atom stereocenters. The molecular weight excluding hydrogens is 861 g/mol. The standard InChI is InChI=1S/C67H44N4/c1-67(2)56-26-14-11-25-52(56)65-57(67)34-33-51-47-32-29-43(39-53(47)46-21-9-10-24-50(46)64(51)65)66-68-58(41-30-35-62-54(37-41)48-22-12-15-27-60(48)70(62)44-17-5-3-6-18-44)40-59(69-66)42-31-36-63-55(38-42)49-23-13-16-28-61(49)71(63)45-19-7-4-8-20-45/h3-40H,1-2H3. The molecule has 0 aliphatic heterocycles. The van der Waals surface area contributed by atoms with Crippen molar-refractivity contribution in [3.63, 3.8) is 0 Å². The summed E-state index contributed by atoms with van der Waals surface area (Å²) in [6, 6.07) is 84.0. The highest BCUT2D eigenvalue weighted by Gasteiger charge is 2.36. The minimum Gasteiger partial charge on any atom is -0.309 e. The molecule has 14 aromatic rings. The SMILES string of the molecule is CC1(C)c2ccccc2-c2c1ccc1c3ccc(-c4nc(-c5ccc6c(c5)c5ccccc5n6-c5ccccc5)cc(-c5ccc6c(c5)c5ccccc5n6-c5ccccc5)n4)cc3c3ccccc3c21. The number of fused-ring (bicyclic) bond motifs is 16. The molecule has 4 nitrogen and oxygen atoms in total. The van der Waals surface area contributed by atoms with Gasteiger partial charge in [-0.15, -0.1) is 0 Å². The Bertz CT molecular complexity index is 4340. The van der Waals surface area contributed by atoms with E-state index in [9.17, 15) is 0 Å². The van der Waals surface area contributed by atoms with Gasteiger partial charge in [-0.3, -0.25) is 0 Å². The fraction of sp³-hybridized carbons (Fsp3) is 0.0448. The van der Waals surface area contributed by atoms with Gasteiger partial charge in [-0.05, 0) is 127 Å². The molecule has 0 spiro atoms. The smallest absolute Gasteiger partial charge is 0.160 e. The fourth-order valence-electron chi connectivity index (χ4n) is 12.2. The molecule has 0 saturated heterocycles. The lowest BCUT2D eigenvalue weighted by molar-refractivity contribution is 0.661. The van der Waals surface area contributed by atoms with Crippen LogP contribution in [0.25, 0.3) is 132 Å². The average Bonchev–Trinajstić information content (AvgIpc) is 4.03. The average molecular weight is 905 g/mol. The lowest BCUT2D eigenvalue weighted by Crippen LogP contribution is -2.14. The summed E-state index contributed by atoms with van der Waals surface area (Å²) in [6.45, 7) is 4.73. The maximum atomic E-state index is 5.52. The Morgan fingerprint density at radius 2 is 0.775 bits per heavy atom. The van der Waals surface area contributed by atoms with Crippen molar-refractivity contribution in [2.24, 2.45) is 0 Å². The normalized spacial score (nSPS) is 13.0. The number of hydrogen-bond acceptors (Lipinski definition) is 2.